The van der Waals surface area contributed by atoms with Gasteiger partial charge in [-0.15, -0.1) is 0 Å². The van der Waals surface area contributed by atoms with Crippen LogP contribution in [0.1, 0.15) is 31.9 Å². The highest BCUT2D eigenvalue weighted by Gasteiger charge is 2.16. The summed E-state index contributed by atoms with van der Waals surface area (Å²) in [7, 11) is 1.60. The minimum Gasteiger partial charge on any atom is -0.391 e. The number of aliphatic hydroxyl groups excluding tert-OH is 1. The highest BCUT2D eigenvalue weighted by atomic mass is 16.5. The average molecular weight is 294 g/mol. The van der Waals surface area contributed by atoms with Gasteiger partial charge in [-0.1, -0.05) is 50.6 Å². The van der Waals surface area contributed by atoms with Gasteiger partial charge >= 0.3 is 6.03 Å². The lowest BCUT2D eigenvalue weighted by molar-refractivity contribution is 0.113. The van der Waals surface area contributed by atoms with E-state index in [1.54, 1.807) is 7.11 Å². The highest BCUT2D eigenvalue weighted by Crippen LogP contribution is 2.12. The van der Waals surface area contributed by atoms with Crippen molar-refractivity contribution in [1.29, 1.82) is 0 Å². The number of hydrogen-bond acceptors (Lipinski definition) is 3. The molecule has 3 atom stereocenters. The number of methoxy groups -OCH3 is 1. The third-order valence-electron chi connectivity index (χ3n) is 3.61. The number of urea groups is 1. The maximum absolute atomic E-state index is 11.9. The van der Waals surface area contributed by atoms with E-state index in [0.29, 0.717) is 6.61 Å². The van der Waals surface area contributed by atoms with Crippen molar-refractivity contribution in [3.8, 4) is 0 Å². The third kappa shape index (κ3) is 6.14. The second kappa shape index (κ2) is 9.37. The van der Waals surface area contributed by atoms with Gasteiger partial charge in [0.05, 0.1) is 18.8 Å². The predicted molar refractivity (Wildman–Crippen MR) is 83.1 cm³/mol. The second-order valence-corrected chi connectivity index (χ2v) is 5.23. The summed E-state index contributed by atoms with van der Waals surface area (Å²) in [5, 5.41) is 15.4. The molecule has 3 unspecified atom stereocenters. The standard InChI is InChI=1S/C16H26N2O3/c1-4-12(2)15(19)10-17-16(20)18-14(11-21-3)13-8-6-5-7-9-13/h5-9,12,14-15,19H,4,10-11H2,1-3H3,(H2,17,18,20). The third-order valence-corrected chi connectivity index (χ3v) is 3.61. The number of ether oxygens (including phenoxy) is 1. The van der Waals surface area contributed by atoms with E-state index < -0.39 is 6.10 Å². The summed E-state index contributed by atoms with van der Waals surface area (Å²) in [6, 6.07) is 9.14. The van der Waals surface area contributed by atoms with E-state index in [1.807, 2.05) is 44.2 Å². The first-order valence-corrected chi connectivity index (χ1v) is 7.34. The molecule has 5 heteroatoms. The number of nitrogens with one attached hydrogen (secondary N) is 2. The SMILES string of the molecule is CCC(C)C(O)CNC(=O)NC(COC)c1ccccc1. The van der Waals surface area contributed by atoms with Gasteiger partial charge in [-0.3, -0.25) is 0 Å². The summed E-state index contributed by atoms with van der Waals surface area (Å²) in [6.07, 6.45) is 0.346. The summed E-state index contributed by atoms with van der Waals surface area (Å²) in [6.45, 7) is 4.61. The Labute approximate surface area is 126 Å². The Bertz CT molecular complexity index is 411. The number of rotatable bonds is 8. The molecule has 0 aliphatic rings. The second-order valence-electron chi connectivity index (χ2n) is 5.23. The van der Waals surface area contributed by atoms with Crippen LogP contribution in [0.3, 0.4) is 0 Å². The number of carbonyl (C=O) groups is 1. The van der Waals surface area contributed by atoms with Gasteiger partial charge in [-0.05, 0) is 11.5 Å². The van der Waals surface area contributed by atoms with Gasteiger partial charge in [-0.25, -0.2) is 4.79 Å². The lowest BCUT2D eigenvalue weighted by atomic mass is 10.0. The maximum Gasteiger partial charge on any atom is 0.315 e. The summed E-state index contributed by atoms with van der Waals surface area (Å²) in [5.74, 6) is 0.161. The quantitative estimate of drug-likeness (QED) is 0.687. The first-order chi connectivity index (χ1) is 10.1. The van der Waals surface area contributed by atoms with Gasteiger partial charge < -0.3 is 20.5 Å². The zero-order valence-electron chi connectivity index (χ0n) is 13.0. The van der Waals surface area contributed by atoms with E-state index in [1.165, 1.54) is 0 Å². The molecular weight excluding hydrogens is 268 g/mol. The van der Waals surface area contributed by atoms with E-state index in [0.717, 1.165) is 12.0 Å². The highest BCUT2D eigenvalue weighted by molar-refractivity contribution is 5.74. The molecular formula is C16H26N2O3. The molecule has 0 fully saturated rings. The molecule has 1 rings (SSSR count). The van der Waals surface area contributed by atoms with E-state index in [-0.39, 0.29) is 24.5 Å². The van der Waals surface area contributed by atoms with Gasteiger partial charge in [-0.2, -0.15) is 0 Å². The number of aliphatic hydroxyl groups is 1. The van der Waals surface area contributed by atoms with Crippen molar-refractivity contribution in [2.45, 2.75) is 32.4 Å². The first kappa shape index (κ1) is 17.5. The van der Waals surface area contributed by atoms with E-state index in [2.05, 4.69) is 10.6 Å². The normalized spacial score (nSPS) is 15.0. The monoisotopic (exact) mass is 294 g/mol. The van der Waals surface area contributed by atoms with Crippen molar-refractivity contribution in [3.05, 3.63) is 35.9 Å². The van der Waals surface area contributed by atoms with E-state index >= 15 is 0 Å². The smallest absolute Gasteiger partial charge is 0.315 e. The Morgan fingerprint density at radius 2 is 2.00 bits per heavy atom. The summed E-state index contributed by atoms with van der Waals surface area (Å²) in [4.78, 5) is 11.9. The van der Waals surface area contributed by atoms with Gasteiger partial charge in [0, 0.05) is 13.7 Å². The van der Waals surface area contributed by atoms with Gasteiger partial charge in [0.1, 0.15) is 0 Å². The van der Waals surface area contributed by atoms with Crippen LogP contribution in [-0.4, -0.2) is 37.5 Å². The van der Waals surface area contributed by atoms with Crippen LogP contribution in [0.5, 0.6) is 0 Å². The van der Waals surface area contributed by atoms with Crippen LogP contribution in [0.25, 0.3) is 0 Å². The molecule has 1 aromatic carbocycles. The van der Waals surface area contributed by atoms with Crippen LogP contribution < -0.4 is 10.6 Å². The van der Waals surface area contributed by atoms with E-state index in [4.69, 9.17) is 4.74 Å². The molecule has 2 amide bonds. The summed E-state index contributed by atoms with van der Waals surface area (Å²) < 4.78 is 5.15. The van der Waals surface area contributed by atoms with Crippen molar-refractivity contribution in [2.75, 3.05) is 20.3 Å². The van der Waals surface area contributed by atoms with Crippen LogP contribution in [0.2, 0.25) is 0 Å². The molecule has 118 valence electrons. The van der Waals surface area contributed by atoms with E-state index in [9.17, 15) is 9.90 Å². The average Bonchev–Trinajstić information content (AvgIpc) is 2.52. The summed E-state index contributed by atoms with van der Waals surface area (Å²) in [5.41, 5.74) is 0.983. The number of carbonyl (C=O) groups excluding carboxylic acids is 1. The molecule has 0 aliphatic carbocycles. The van der Waals surface area contributed by atoms with Crippen molar-refractivity contribution in [2.24, 2.45) is 5.92 Å². The van der Waals surface area contributed by atoms with Crippen LogP contribution in [-0.2, 0) is 4.74 Å². The molecule has 0 saturated heterocycles. The first-order valence-electron chi connectivity index (χ1n) is 7.34. The molecule has 0 bridgehead atoms. The Morgan fingerprint density at radius 1 is 1.33 bits per heavy atom. The molecule has 0 radical (unpaired) electrons. The molecule has 3 N–H and O–H groups in total. The Hall–Kier alpha value is -1.59. The lowest BCUT2D eigenvalue weighted by Crippen LogP contribution is -2.43. The minimum absolute atomic E-state index is 0.161. The fourth-order valence-corrected chi connectivity index (χ4v) is 1.95. The maximum atomic E-state index is 11.9. The molecule has 0 aromatic heterocycles. The fourth-order valence-electron chi connectivity index (χ4n) is 1.95. The molecule has 1 aromatic rings. The molecule has 0 spiro atoms. The van der Waals surface area contributed by atoms with Crippen LogP contribution in [0.15, 0.2) is 30.3 Å². The number of amides is 2. The summed E-state index contributed by atoms with van der Waals surface area (Å²) >= 11 is 0. The Kier molecular flexibility index (Phi) is 7.79. The van der Waals surface area contributed by atoms with Crippen molar-refractivity contribution < 1.29 is 14.6 Å². The fraction of sp³-hybridized carbons (Fsp3) is 0.562. The topological polar surface area (TPSA) is 70.6 Å². The lowest BCUT2D eigenvalue weighted by Gasteiger charge is -2.21. The van der Waals surface area contributed by atoms with Gasteiger partial charge in [0.2, 0.25) is 0 Å². The van der Waals surface area contributed by atoms with Crippen molar-refractivity contribution >= 4 is 6.03 Å². The Morgan fingerprint density at radius 3 is 2.57 bits per heavy atom. The molecule has 5 nitrogen and oxygen atoms in total. The number of hydrogen-bond donors (Lipinski definition) is 3. The van der Waals surface area contributed by atoms with Crippen molar-refractivity contribution in [3.63, 3.8) is 0 Å². The van der Waals surface area contributed by atoms with Gasteiger partial charge in [0.25, 0.3) is 0 Å². The molecule has 0 saturated carbocycles. The molecule has 0 aliphatic heterocycles. The van der Waals surface area contributed by atoms with Gasteiger partial charge in [0.15, 0.2) is 0 Å². The Balaban J connectivity index is 2.50. The van der Waals surface area contributed by atoms with Crippen LogP contribution >= 0.6 is 0 Å². The minimum atomic E-state index is -0.529. The molecule has 0 heterocycles. The van der Waals surface area contributed by atoms with Crippen molar-refractivity contribution in [1.82, 2.24) is 10.6 Å². The molecule has 21 heavy (non-hydrogen) atoms. The zero-order valence-corrected chi connectivity index (χ0v) is 13.0. The van der Waals surface area contributed by atoms with Crippen LogP contribution in [0, 0.1) is 5.92 Å². The zero-order chi connectivity index (χ0) is 15.7. The number of benzene rings is 1. The largest absolute Gasteiger partial charge is 0.391 e. The van der Waals surface area contributed by atoms with Crippen LogP contribution in [0.4, 0.5) is 4.79 Å². The predicted octanol–water partition coefficient (Wildman–Crippen LogP) is 2.08.